The van der Waals surface area contributed by atoms with E-state index in [-0.39, 0.29) is 5.91 Å². The van der Waals surface area contributed by atoms with E-state index in [1.54, 1.807) is 18.4 Å². The van der Waals surface area contributed by atoms with Crippen LogP contribution in [0.1, 0.15) is 26.2 Å². The molecule has 2 aromatic rings. The molecule has 19 heavy (non-hydrogen) atoms. The number of furan rings is 1. The van der Waals surface area contributed by atoms with Gasteiger partial charge in [-0.3, -0.25) is 4.79 Å². The average Bonchev–Trinajstić information content (AvgIpc) is 2.97. The van der Waals surface area contributed by atoms with E-state index < -0.39 is 0 Å². The lowest BCUT2D eigenvalue weighted by atomic mass is 10.1. The molecule has 0 bridgehead atoms. The van der Waals surface area contributed by atoms with Crippen molar-refractivity contribution >= 4 is 5.91 Å². The zero-order valence-electron chi connectivity index (χ0n) is 11.0. The van der Waals surface area contributed by atoms with Crippen LogP contribution in [0.15, 0.2) is 27.3 Å². The molecule has 0 saturated carbocycles. The molecule has 0 fully saturated rings. The normalized spacial score (nSPS) is 10.9. The van der Waals surface area contributed by atoms with Crippen molar-refractivity contribution in [1.29, 1.82) is 0 Å². The summed E-state index contributed by atoms with van der Waals surface area (Å²) in [5.74, 6) is 1.87. The van der Waals surface area contributed by atoms with E-state index in [9.17, 15) is 4.79 Å². The zero-order valence-corrected chi connectivity index (χ0v) is 11.0. The molecule has 0 aliphatic heterocycles. The van der Waals surface area contributed by atoms with Crippen molar-refractivity contribution in [3.8, 4) is 11.6 Å². The van der Waals surface area contributed by atoms with Crippen molar-refractivity contribution in [1.82, 2.24) is 15.5 Å². The van der Waals surface area contributed by atoms with Gasteiger partial charge in [0.05, 0.1) is 6.26 Å². The highest BCUT2D eigenvalue weighted by molar-refractivity contribution is 5.76. The molecular weight excluding hydrogens is 246 g/mol. The fourth-order valence-electron chi connectivity index (χ4n) is 1.61. The van der Waals surface area contributed by atoms with E-state index in [2.05, 4.69) is 15.5 Å². The quantitative estimate of drug-likeness (QED) is 0.862. The molecule has 2 heterocycles. The Labute approximate surface area is 111 Å². The lowest BCUT2D eigenvalue weighted by molar-refractivity contribution is -0.121. The van der Waals surface area contributed by atoms with Gasteiger partial charge >= 0.3 is 0 Å². The van der Waals surface area contributed by atoms with Crippen molar-refractivity contribution in [2.45, 2.75) is 26.7 Å². The van der Waals surface area contributed by atoms with Crippen LogP contribution in [0.2, 0.25) is 0 Å². The Morgan fingerprint density at radius 1 is 1.47 bits per heavy atom. The van der Waals surface area contributed by atoms with Crippen LogP contribution in [0.3, 0.4) is 0 Å². The highest BCUT2D eigenvalue weighted by atomic mass is 16.5. The molecule has 102 valence electrons. The van der Waals surface area contributed by atoms with Gasteiger partial charge in [0.25, 0.3) is 0 Å². The highest BCUT2D eigenvalue weighted by Crippen LogP contribution is 2.15. The van der Waals surface area contributed by atoms with Crippen LogP contribution in [-0.2, 0) is 11.2 Å². The highest BCUT2D eigenvalue weighted by Gasteiger charge is 2.11. The molecule has 0 spiro atoms. The van der Waals surface area contributed by atoms with E-state index in [0.29, 0.717) is 42.8 Å². The maximum absolute atomic E-state index is 11.4. The molecule has 1 N–H and O–H groups in total. The van der Waals surface area contributed by atoms with Crippen molar-refractivity contribution in [3.63, 3.8) is 0 Å². The van der Waals surface area contributed by atoms with Gasteiger partial charge in [-0.15, -0.1) is 0 Å². The molecule has 2 rings (SSSR count). The molecule has 6 heteroatoms. The Kier molecular flexibility index (Phi) is 4.33. The van der Waals surface area contributed by atoms with Gasteiger partial charge < -0.3 is 14.3 Å². The first-order valence-corrected chi connectivity index (χ1v) is 6.28. The minimum absolute atomic E-state index is 0.0424. The van der Waals surface area contributed by atoms with Crippen molar-refractivity contribution in [2.24, 2.45) is 5.92 Å². The molecule has 2 aromatic heterocycles. The summed E-state index contributed by atoms with van der Waals surface area (Å²) >= 11 is 0. The molecule has 1 amide bonds. The van der Waals surface area contributed by atoms with E-state index in [1.165, 1.54) is 0 Å². The van der Waals surface area contributed by atoms with Crippen LogP contribution < -0.4 is 5.32 Å². The van der Waals surface area contributed by atoms with E-state index >= 15 is 0 Å². The Hall–Kier alpha value is -2.11. The van der Waals surface area contributed by atoms with Crippen LogP contribution in [0.4, 0.5) is 0 Å². The minimum atomic E-state index is 0.0424. The van der Waals surface area contributed by atoms with Crippen LogP contribution >= 0.6 is 0 Å². The fraction of sp³-hybridized carbons (Fsp3) is 0.462. The van der Waals surface area contributed by atoms with Crippen molar-refractivity contribution < 1.29 is 13.7 Å². The summed E-state index contributed by atoms with van der Waals surface area (Å²) in [6.45, 7) is 4.51. The third kappa shape index (κ3) is 3.94. The van der Waals surface area contributed by atoms with Gasteiger partial charge in [-0.25, -0.2) is 0 Å². The van der Waals surface area contributed by atoms with Gasteiger partial charge in [-0.1, -0.05) is 19.0 Å². The first kappa shape index (κ1) is 13.3. The van der Waals surface area contributed by atoms with E-state index in [1.807, 2.05) is 13.8 Å². The van der Waals surface area contributed by atoms with Gasteiger partial charge in [0.2, 0.25) is 17.6 Å². The fourth-order valence-corrected chi connectivity index (χ4v) is 1.61. The summed E-state index contributed by atoms with van der Waals surface area (Å²) in [7, 11) is 0. The Balaban J connectivity index is 1.79. The second-order valence-corrected chi connectivity index (χ2v) is 4.69. The number of carbonyl (C=O) groups is 1. The second kappa shape index (κ2) is 6.17. The number of aromatic nitrogens is 2. The summed E-state index contributed by atoms with van der Waals surface area (Å²) in [4.78, 5) is 15.6. The van der Waals surface area contributed by atoms with Crippen molar-refractivity contribution in [3.05, 3.63) is 24.3 Å². The summed E-state index contributed by atoms with van der Waals surface area (Å²) in [6.07, 6.45) is 2.59. The number of carbonyl (C=O) groups excluding carboxylic acids is 1. The lowest BCUT2D eigenvalue weighted by Crippen LogP contribution is -2.26. The monoisotopic (exact) mass is 263 g/mol. The number of rotatable bonds is 6. The Morgan fingerprint density at radius 2 is 2.32 bits per heavy atom. The van der Waals surface area contributed by atoms with Gasteiger partial charge in [0.15, 0.2) is 5.76 Å². The average molecular weight is 263 g/mol. The summed E-state index contributed by atoms with van der Waals surface area (Å²) in [6, 6.07) is 3.52. The number of nitrogens with one attached hydrogen (secondary N) is 1. The molecule has 6 nitrogen and oxygen atoms in total. The molecule has 0 radical (unpaired) electrons. The van der Waals surface area contributed by atoms with Crippen molar-refractivity contribution in [2.75, 3.05) is 6.54 Å². The maximum atomic E-state index is 11.4. The topological polar surface area (TPSA) is 81.2 Å². The molecule has 0 aliphatic carbocycles. The SMILES string of the molecule is CC(C)CC(=O)NCCc1nc(-c2ccco2)no1. The largest absolute Gasteiger partial charge is 0.461 e. The van der Waals surface area contributed by atoms with Crippen LogP contribution in [0.5, 0.6) is 0 Å². The lowest BCUT2D eigenvalue weighted by Gasteiger charge is -2.05. The van der Waals surface area contributed by atoms with Gasteiger partial charge in [0.1, 0.15) is 0 Å². The number of hydrogen-bond donors (Lipinski definition) is 1. The standard InChI is InChI=1S/C13H17N3O3/c1-9(2)8-11(17)14-6-5-12-15-13(16-19-12)10-4-3-7-18-10/h3-4,7,9H,5-6,8H2,1-2H3,(H,14,17). The number of nitrogens with zero attached hydrogens (tertiary/aromatic N) is 2. The van der Waals surface area contributed by atoms with Crippen LogP contribution in [0, 0.1) is 5.92 Å². The molecule has 0 aliphatic rings. The zero-order chi connectivity index (χ0) is 13.7. The molecule has 0 unspecified atom stereocenters. The smallest absolute Gasteiger partial charge is 0.238 e. The molecule has 0 saturated heterocycles. The summed E-state index contributed by atoms with van der Waals surface area (Å²) in [5, 5.41) is 6.63. The summed E-state index contributed by atoms with van der Waals surface area (Å²) < 4.78 is 10.2. The summed E-state index contributed by atoms with van der Waals surface area (Å²) in [5.41, 5.74) is 0. The van der Waals surface area contributed by atoms with Gasteiger partial charge in [-0.05, 0) is 18.1 Å². The second-order valence-electron chi connectivity index (χ2n) is 4.69. The maximum Gasteiger partial charge on any atom is 0.238 e. The number of hydrogen-bond acceptors (Lipinski definition) is 5. The van der Waals surface area contributed by atoms with Crippen LogP contribution in [0.25, 0.3) is 11.6 Å². The minimum Gasteiger partial charge on any atom is -0.461 e. The van der Waals surface area contributed by atoms with Crippen LogP contribution in [-0.4, -0.2) is 22.6 Å². The predicted octanol–water partition coefficient (Wildman–Crippen LogP) is 2.03. The predicted molar refractivity (Wildman–Crippen MR) is 68.2 cm³/mol. The third-order valence-corrected chi connectivity index (χ3v) is 2.46. The Bertz CT molecular complexity index is 517. The Morgan fingerprint density at radius 3 is 3.00 bits per heavy atom. The number of amides is 1. The first-order chi connectivity index (χ1) is 9.15. The molecular formula is C13H17N3O3. The molecule has 0 atom stereocenters. The van der Waals surface area contributed by atoms with Gasteiger partial charge in [0, 0.05) is 19.4 Å². The van der Waals surface area contributed by atoms with E-state index in [4.69, 9.17) is 8.94 Å². The first-order valence-electron chi connectivity index (χ1n) is 6.28. The van der Waals surface area contributed by atoms with Gasteiger partial charge in [-0.2, -0.15) is 4.98 Å². The molecule has 0 aromatic carbocycles. The van der Waals surface area contributed by atoms with E-state index in [0.717, 1.165) is 0 Å². The third-order valence-electron chi connectivity index (χ3n) is 2.46.